The lowest BCUT2D eigenvalue weighted by molar-refractivity contribution is -0.387. The summed E-state index contributed by atoms with van der Waals surface area (Å²) in [7, 11) is 1.39. The van der Waals surface area contributed by atoms with Crippen molar-refractivity contribution in [2.45, 2.75) is 20.8 Å². The Kier molecular flexibility index (Phi) is 4.42. The fourth-order valence-corrected chi connectivity index (χ4v) is 1.85. The summed E-state index contributed by atoms with van der Waals surface area (Å²) in [6.07, 6.45) is 0. The molecule has 1 aromatic carbocycles. The number of carbonyl (C=O) groups is 1. The minimum atomic E-state index is -1.44. The van der Waals surface area contributed by atoms with Crippen molar-refractivity contribution in [3.8, 4) is 0 Å². The summed E-state index contributed by atoms with van der Waals surface area (Å²) in [5, 5.41) is 10.6. The number of nitrogens with zero attached hydrogens (tertiary/aromatic N) is 2. The number of nitro benzene ring substituents is 1. The third-order valence-corrected chi connectivity index (χ3v) is 2.54. The zero-order valence-corrected chi connectivity index (χ0v) is 11.7. The van der Waals surface area contributed by atoms with E-state index in [1.807, 2.05) is 20.8 Å². The number of nitro groups is 1. The number of halogens is 2. The molecule has 0 aliphatic rings. The summed E-state index contributed by atoms with van der Waals surface area (Å²) in [6.45, 7) is 5.83. The van der Waals surface area contributed by atoms with Crippen LogP contribution in [0.15, 0.2) is 12.1 Å². The van der Waals surface area contributed by atoms with E-state index in [2.05, 4.69) is 0 Å². The van der Waals surface area contributed by atoms with Gasteiger partial charge in [-0.2, -0.15) is 4.39 Å². The molecule has 0 atom stereocenters. The van der Waals surface area contributed by atoms with Crippen molar-refractivity contribution in [1.29, 1.82) is 0 Å². The number of carbonyl (C=O) groups excluding carboxylic acids is 1. The van der Waals surface area contributed by atoms with Crippen LogP contribution in [0.25, 0.3) is 0 Å². The molecule has 5 nitrogen and oxygen atoms in total. The molecule has 0 unspecified atom stereocenters. The van der Waals surface area contributed by atoms with E-state index in [0.717, 1.165) is 11.0 Å². The number of benzene rings is 1. The van der Waals surface area contributed by atoms with E-state index in [0.29, 0.717) is 6.07 Å². The summed E-state index contributed by atoms with van der Waals surface area (Å²) in [5.74, 6) is -3.47. The Morgan fingerprint density at radius 2 is 1.90 bits per heavy atom. The summed E-state index contributed by atoms with van der Waals surface area (Å²) < 4.78 is 27.5. The van der Waals surface area contributed by atoms with Crippen LogP contribution >= 0.6 is 0 Å². The van der Waals surface area contributed by atoms with E-state index in [1.54, 1.807) is 0 Å². The van der Waals surface area contributed by atoms with E-state index >= 15 is 0 Å². The molecule has 7 heteroatoms. The fourth-order valence-electron chi connectivity index (χ4n) is 1.85. The van der Waals surface area contributed by atoms with Gasteiger partial charge in [0.15, 0.2) is 0 Å². The smallest absolute Gasteiger partial charge is 0.305 e. The highest BCUT2D eigenvalue weighted by Gasteiger charge is 2.29. The van der Waals surface area contributed by atoms with Gasteiger partial charge in [0.2, 0.25) is 5.82 Å². The van der Waals surface area contributed by atoms with Gasteiger partial charge >= 0.3 is 5.69 Å². The van der Waals surface area contributed by atoms with Crippen LogP contribution in [0.4, 0.5) is 14.5 Å². The quantitative estimate of drug-likeness (QED) is 0.634. The number of hydrogen-bond donors (Lipinski definition) is 0. The highest BCUT2D eigenvalue weighted by atomic mass is 19.1. The van der Waals surface area contributed by atoms with Crippen molar-refractivity contribution in [2.24, 2.45) is 5.41 Å². The Labute approximate surface area is 115 Å². The molecule has 1 rings (SSSR count). The summed E-state index contributed by atoms with van der Waals surface area (Å²) in [6, 6.07) is 1.42. The number of rotatable bonds is 3. The molecule has 1 aromatic rings. The van der Waals surface area contributed by atoms with E-state index in [4.69, 9.17) is 0 Å². The lowest BCUT2D eigenvalue weighted by Gasteiger charge is -2.26. The average molecular weight is 286 g/mol. The van der Waals surface area contributed by atoms with Gasteiger partial charge in [0.05, 0.1) is 4.92 Å². The molecule has 0 aliphatic carbocycles. The largest absolute Gasteiger partial charge is 0.341 e. The average Bonchev–Trinajstić information content (AvgIpc) is 2.25. The van der Waals surface area contributed by atoms with E-state index < -0.39 is 33.7 Å². The van der Waals surface area contributed by atoms with E-state index in [-0.39, 0.29) is 12.0 Å². The first-order valence-corrected chi connectivity index (χ1v) is 5.92. The minimum Gasteiger partial charge on any atom is -0.341 e. The first-order valence-electron chi connectivity index (χ1n) is 5.92. The summed E-state index contributed by atoms with van der Waals surface area (Å²) in [4.78, 5) is 22.8. The van der Waals surface area contributed by atoms with Gasteiger partial charge in [0.1, 0.15) is 11.4 Å². The van der Waals surface area contributed by atoms with Gasteiger partial charge in [-0.25, -0.2) is 4.39 Å². The Balaban J connectivity index is 3.22. The molecule has 0 aliphatic heterocycles. The number of amides is 1. The Bertz CT molecular complexity index is 553. The maximum Gasteiger partial charge on any atom is 0.305 e. The standard InChI is InChI=1S/C13H16F2N2O3/c1-13(2,3)7-16(4)12(18)10-8(14)5-6-9(11(10)15)17(19)20/h5-6H,7H2,1-4H3. The van der Waals surface area contributed by atoms with Crippen molar-refractivity contribution in [3.63, 3.8) is 0 Å². The van der Waals surface area contributed by atoms with Crippen LogP contribution in [0, 0.1) is 27.2 Å². The molecule has 1 amide bonds. The maximum absolute atomic E-state index is 13.9. The molecule has 0 spiro atoms. The van der Waals surface area contributed by atoms with Crippen molar-refractivity contribution in [3.05, 3.63) is 39.4 Å². The van der Waals surface area contributed by atoms with Crippen molar-refractivity contribution in [1.82, 2.24) is 4.90 Å². The molecule has 110 valence electrons. The van der Waals surface area contributed by atoms with Gasteiger partial charge in [-0.1, -0.05) is 20.8 Å². The van der Waals surface area contributed by atoms with Gasteiger partial charge in [-0.15, -0.1) is 0 Å². The second-order valence-corrected chi connectivity index (χ2v) is 5.73. The maximum atomic E-state index is 13.9. The molecule has 20 heavy (non-hydrogen) atoms. The summed E-state index contributed by atoms with van der Waals surface area (Å²) >= 11 is 0. The third-order valence-electron chi connectivity index (χ3n) is 2.54. The topological polar surface area (TPSA) is 63.5 Å². The van der Waals surface area contributed by atoms with Crippen LogP contribution in [0.3, 0.4) is 0 Å². The predicted octanol–water partition coefficient (Wildman–Crippen LogP) is 2.99. The van der Waals surface area contributed by atoms with Crippen LogP contribution in [-0.4, -0.2) is 29.3 Å². The highest BCUT2D eigenvalue weighted by Crippen LogP contribution is 2.25. The van der Waals surface area contributed by atoms with Gasteiger partial charge in [0.25, 0.3) is 5.91 Å². The van der Waals surface area contributed by atoms with Gasteiger partial charge in [-0.05, 0) is 11.5 Å². The fraction of sp³-hybridized carbons (Fsp3) is 0.462. The molecule has 0 heterocycles. The molecule has 0 radical (unpaired) electrons. The predicted molar refractivity (Wildman–Crippen MR) is 69.4 cm³/mol. The molecular weight excluding hydrogens is 270 g/mol. The molecule has 0 bridgehead atoms. The van der Waals surface area contributed by atoms with Gasteiger partial charge in [-0.3, -0.25) is 14.9 Å². The monoisotopic (exact) mass is 286 g/mol. The van der Waals surface area contributed by atoms with Crippen LogP contribution in [-0.2, 0) is 0 Å². The summed E-state index contributed by atoms with van der Waals surface area (Å²) in [5.41, 5.74) is -2.08. The lowest BCUT2D eigenvalue weighted by Crippen LogP contribution is -2.35. The zero-order chi connectivity index (χ0) is 15.7. The Morgan fingerprint density at radius 3 is 2.35 bits per heavy atom. The lowest BCUT2D eigenvalue weighted by atomic mass is 9.96. The molecule has 0 N–H and O–H groups in total. The zero-order valence-electron chi connectivity index (χ0n) is 11.7. The van der Waals surface area contributed by atoms with E-state index in [9.17, 15) is 23.7 Å². The molecule has 0 saturated heterocycles. The van der Waals surface area contributed by atoms with Gasteiger partial charge < -0.3 is 4.90 Å². The van der Waals surface area contributed by atoms with Crippen LogP contribution in [0.5, 0.6) is 0 Å². The molecule has 0 saturated carbocycles. The molecule has 0 aromatic heterocycles. The van der Waals surface area contributed by atoms with Crippen molar-refractivity contribution < 1.29 is 18.5 Å². The normalized spacial score (nSPS) is 11.3. The SMILES string of the molecule is CN(CC(C)(C)C)C(=O)c1c(F)ccc([N+](=O)[O-])c1F. The molecular formula is C13H16F2N2O3. The number of hydrogen-bond acceptors (Lipinski definition) is 3. The minimum absolute atomic E-state index is 0.257. The van der Waals surface area contributed by atoms with Crippen LogP contribution in [0.1, 0.15) is 31.1 Å². The van der Waals surface area contributed by atoms with E-state index in [1.165, 1.54) is 7.05 Å². The second kappa shape index (κ2) is 5.52. The van der Waals surface area contributed by atoms with Crippen LogP contribution < -0.4 is 0 Å². The molecule has 0 fully saturated rings. The Hall–Kier alpha value is -2.05. The van der Waals surface area contributed by atoms with Crippen molar-refractivity contribution in [2.75, 3.05) is 13.6 Å². The first-order chi connectivity index (χ1) is 9.04. The van der Waals surface area contributed by atoms with Gasteiger partial charge in [0, 0.05) is 19.7 Å². The second-order valence-electron chi connectivity index (χ2n) is 5.73. The van der Waals surface area contributed by atoms with Crippen molar-refractivity contribution >= 4 is 11.6 Å². The third kappa shape index (κ3) is 3.49. The van der Waals surface area contributed by atoms with Crippen LogP contribution in [0.2, 0.25) is 0 Å². The first kappa shape index (κ1) is 16.0. The highest BCUT2D eigenvalue weighted by molar-refractivity contribution is 5.95. The Morgan fingerprint density at radius 1 is 1.35 bits per heavy atom.